The molecule has 0 atom stereocenters. The Morgan fingerprint density at radius 2 is 1.96 bits per heavy atom. The van der Waals surface area contributed by atoms with Gasteiger partial charge in [-0.15, -0.1) is 0 Å². The van der Waals surface area contributed by atoms with E-state index in [0.29, 0.717) is 25.9 Å². The topological polar surface area (TPSA) is 64.4 Å². The van der Waals surface area contributed by atoms with Crippen LogP contribution in [0.25, 0.3) is 5.69 Å². The van der Waals surface area contributed by atoms with Gasteiger partial charge in [0.25, 0.3) is 0 Å². The van der Waals surface area contributed by atoms with E-state index in [1.54, 1.807) is 17.4 Å². The molecule has 142 valence electrons. The van der Waals surface area contributed by atoms with E-state index in [0.717, 1.165) is 23.2 Å². The van der Waals surface area contributed by atoms with Crippen molar-refractivity contribution in [2.45, 2.75) is 45.6 Å². The molecule has 1 spiro atoms. The zero-order chi connectivity index (χ0) is 19.2. The molecule has 6 heteroatoms. The van der Waals surface area contributed by atoms with Gasteiger partial charge in [0.2, 0.25) is 0 Å². The third-order valence-corrected chi connectivity index (χ3v) is 5.52. The number of benzene rings is 1. The minimum atomic E-state index is -0.505. The van der Waals surface area contributed by atoms with Crippen LogP contribution in [0, 0.1) is 5.41 Å². The summed E-state index contributed by atoms with van der Waals surface area (Å²) in [6, 6.07) is 6.05. The number of imidazole rings is 1. The van der Waals surface area contributed by atoms with Gasteiger partial charge in [0.15, 0.2) is 5.78 Å². The van der Waals surface area contributed by atoms with Gasteiger partial charge in [0.1, 0.15) is 5.60 Å². The Hall–Kier alpha value is -2.63. The molecule has 0 saturated carbocycles. The number of likely N-dealkylation sites (tertiary alicyclic amines) is 1. The largest absolute Gasteiger partial charge is 0.444 e. The molecule has 1 saturated heterocycles. The fourth-order valence-electron chi connectivity index (χ4n) is 4.08. The van der Waals surface area contributed by atoms with Gasteiger partial charge < -0.3 is 14.2 Å². The number of hydrogen-bond donors (Lipinski definition) is 0. The minimum absolute atomic E-state index is 0.211. The first-order valence-electron chi connectivity index (χ1n) is 9.41. The van der Waals surface area contributed by atoms with Crippen LogP contribution in [0.3, 0.4) is 0 Å². The average Bonchev–Trinajstić information content (AvgIpc) is 3.22. The molecule has 2 aliphatic rings. The van der Waals surface area contributed by atoms with E-state index in [4.69, 9.17) is 4.74 Å². The SMILES string of the molecule is CC(C)(C)OC(=O)N1CCC2(CC1)Cc1ccc(-n3ccnc3)cc1C2=O. The molecule has 1 aliphatic carbocycles. The average molecular weight is 367 g/mol. The lowest BCUT2D eigenvalue weighted by molar-refractivity contribution is 0.0114. The second-order valence-electron chi connectivity index (χ2n) is 8.57. The van der Waals surface area contributed by atoms with Crippen molar-refractivity contribution in [2.75, 3.05) is 13.1 Å². The molecule has 0 bridgehead atoms. The van der Waals surface area contributed by atoms with E-state index >= 15 is 0 Å². The predicted molar refractivity (Wildman–Crippen MR) is 101 cm³/mol. The number of hydrogen-bond acceptors (Lipinski definition) is 4. The summed E-state index contributed by atoms with van der Waals surface area (Å²) in [4.78, 5) is 31.3. The van der Waals surface area contributed by atoms with E-state index in [2.05, 4.69) is 11.1 Å². The van der Waals surface area contributed by atoms with Gasteiger partial charge in [-0.2, -0.15) is 0 Å². The predicted octanol–water partition coefficient (Wildman–Crippen LogP) is 3.63. The third kappa shape index (κ3) is 3.24. The summed E-state index contributed by atoms with van der Waals surface area (Å²) >= 11 is 0. The second-order valence-corrected chi connectivity index (χ2v) is 8.57. The summed E-state index contributed by atoms with van der Waals surface area (Å²) in [5.41, 5.74) is 1.98. The Morgan fingerprint density at radius 1 is 1.22 bits per heavy atom. The van der Waals surface area contributed by atoms with Crippen LogP contribution in [0.5, 0.6) is 0 Å². The number of piperidine rings is 1. The quantitative estimate of drug-likeness (QED) is 0.772. The lowest BCUT2D eigenvalue weighted by atomic mass is 9.75. The van der Waals surface area contributed by atoms with Crippen molar-refractivity contribution in [3.8, 4) is 5.69 Å². The Kier molecular flexibility index (Phi) is 4.09. The molecule has 2 aromatic rings. The maximum Gasteiger partial charge on any atom is 0.410 e. The molecule has 4 rings (SSSR count). The summed E-state index contributed by atoms with van der Waals surface area (Å²) in [5, 5.41) is 0. The molecule has 1 aliphatic heterocycles. The van der Waals surface area contributed by atoms with Gasteiger partial charge in [-0.3, -0.25) is 4.79 Å². The van der Waals surface area contributed by atoms with Crippen molar-refractivity contribution < 1.29 is 14.3 Å². The summed E-state index contributed by atoms with van der Waals surface area (Å²) < 4.78 is 7.37. The minimum Gasteiger partial charge on any atom is -0.444 e. The highest BCUT2D eigenvalue weighted by Crippen LogP contribution is 2.45. The Labute approximate surface area is 159 Å². The van der Waals surface area contributed by atoms with Crippen molar-refractivity contribution in [3.05, 3.63) is 48.0 Å². The fraction of sp³-hybridized carbons (Fsp3) is 0.476. The Bertz CT molecular complexity index is 873. The Balaban J connectivity index is 1.50. The van der Waals surface area contributed by atoms with Crippen LogP contribution in [0.4, 0.5) is 4.79 Å². The number of ketones is 1. The van der Waals surface area contributed by atoms with Gasteiger partial charge in [-0.05, 0) is 57.7 Å². The van der Waals surface area contributed by atoms with Gasteiger partial charge in [0, 0.05) is 42.1 Å². The highest BCUT2D eigenvalue weighted by molar-refractivity contribution is 6.05. The zero-order valence-electron chi connectivity index (χ0n) is 16.1. The van der Waals surface area contributed by atoms with Crippen molar-refractivity contribution in [2.24, 2.45) is 5.41 Å². The lowest BCUT2D eigenvalue weighted by Crippen LogP contribution is -2.47. The number of fused-ring (bicyclic) bond motifs is 1. The molecular formula is C21H25N3O3. The second kappa shape index (κ2) is 6.22. The number of rotatable bonds is 1. The number of carbonyl (C=O) groups is 2. The van der Waals surface area contributed by atoms with E-state index in [1.165, 1.54) is 0 Å². The third-order valence-electron chi connectivity index (χ3n) is 5.52. The van der Waals surface area contributed by atoms with Gasteiger partial charge >= 0.3 is 6.09 Å². The number of Topliss-reactive ketones (excluding diaryl/α,β-unsaturated/α-hetero) is 1. The van der Waals surface area contributed by atoms with E-state index in [-0.39, 0.29) is 17.3 Å². The number of aromatic nitrogens is 2. The number of nitrogens with zero attached hydrogens (tertiary/aromatic N) is 3. The summed E-state index contributed by atoms with van der Waals surface area (Å²) in [6.07, 6.45) is 7.16. The highest BCUT2D eigenvalue weighted by atomic mass is 16.6. The van der Waals surface area contributed by atoms with E-state index < -0.39 is 5.60 Å². The molecule has 0 unspecified atom stereocenters. The number of ether oxygens (including phenoxy) is 1. The maximum absolute atomic E-state index is 13.2. The fourth-order valence-corrected chi connectivity index (χ4v) is 4.08. The monoisotopic (exact) mass is 367 g/mol. The van der Waals surface area contributed by atoms with Crippen molar-refractivity contribution in [1.29, 1.82) is 0 Å². The zero-order valence-corrected chi connectivity index (χ0v) is 16.1. The van der Waals surface area contributed by atoms with Crippen LogP contribution < -0.4 is 0 Å². The highest BCUT2D eigenvalue weighted by Gasteiger charge is 2.48. The molecule has 6 nitrogen and oxygen atoms in total. The molecule has 2 heterocycles. The summed E-state index contributed by atoms with van der Waals surface area (Å²) in [7, 11) is 0. The molecule has 1 fully saturated rings. The first-order chi connectivity index (χ1) is 12.8. The van der Waals surface area contributed by atoms with Crippen LogP contribution in [0.1, 0.15) is 49.5 Å². The van der Waals surface area contributed by atoms with Gasteiger partial charge in [0.05, 0.1) is 6.33 Å². The summed E-state index contributed by atoms with van der Waals surface area (Å²) in [6.45, 7) is 6.72. The van der Waals surface area contributed by atoms with Crippen molar-refractivity contribution in [1.82, 2.24) is 14.5 Å². The standard InChI is InChI=1S/C21H25N3O3/c1-20(2,3)27-19(26)23-9-6-21(7-10-23)13-15-4-5-16(12-17(15)18(21)25)24-11-8-22-14-24/h4-5,8,11-12,14H,6-7,9-10,13H2,1-3H3. The molecule has 27 heavy (non-hydrogen) atoms. The first-order valence-corrected chi connectivity index (χ1v) is 9.41. The van der Waals surface area contributed by atoms with Crippen molar-refractivity contribution in [3.63, 3.8) is 0 Å². The molecule has 0 radical (unpaired) electrons. The van der Waals surface area contributed by atoms with Crippen molar-refractivity contribution >= 4 is 11.9 Å². The number of carbonyl (C=O) groups excluding carboxylic acids is 2. The number of amides is 1. The normalized spacial score (nSPS) is 18.6. The van der Waals surface area contributed by atoms with Crippen LogP contribution >= 0.6 is 0 Å². The lowest BCUT2D eigenvalue weighted by Gasteiger charge is -2.38. The van der Waals surface area contributed by atoms with Crippen LogP contribution in [-0.2, 0) is 11.2 Å². The van der Waals surface area contributed by atoms with E-state index in [9.17, 15) is 9.59 Å². The molecular weight excluding hydrogens is 342 g/mol. The smallest absolute Gasteiger partial charge is 0.410 e. The molecule has 1 aromatic carbocycles. The van der Waals surface area contributed by atoms with Gasteiger partial charge in [-0.1, -0.05) is 6.07 Å². The first kappa shape index (κ1) is 17.8. The van der Waals surface area contributed by atoms with E-state index in [1.807, 2.05) is 43.7 Å². The molecule has 1 amide bonds. The van der Waals surface area contributed by atoms with Gasteiger partial charge in [-0.25, -0.2) is 9.78 Å². The summed E-state index contributed by atoms with van der Waals surface area (Å²) in [5.74, 6) is 0.211. The maximum atomic E-state index is 13.2. The molecule has 0 N–H and O–H groups in total. The van der Waals surface area contributed by atoms with Crippen LogP contribution in [0.2, 0.25) is 0 Å². The van der Waals surface area contributed by atoms with Crippen LogP contribution in [0.15, 0.2) is 36.9 Å². The Morgan fingerprint density at radius 3 is 2.59 bits per heavy atom. The molecule has 1 aromatic heterocycles. The van der Waals surface area contributed by atoms with Crippen LogP contribution in [-0.4, -0.2) is 45.0 Å².